The fraction of sp³-hybridized carbons (Fsp3) is 0.525. The Balaban J connectivity index is 1.55. The number of likely N-dealkylation sites (N-methyl/N-ethyl adjacent to an activating group) is 1. The van der Waals surface area contributed by atoms with Gasteiger partial charge < -0.3 is 45.2 Å². The number of hydrogen-bond acceptors (Lipinski definition) is 10. The number of benzene rings is 2. The molecule has 2 aromatic rings. The number of esters is 1. The molecule has 61 heavy (non-hydrogen) atoms. The summed E-state index contributed by atoms with van der Waals surface area (Å²) in [7, 11) is -3.94. The minimum absolute atomic E-state index is 0.0461. The van der Waals surface area contributed by atoms with E-state index in [0.29, 0.717) is 11.6 Å². The normalized spacial score (nSPS) is 27.2. The molecule has 3 aliphatic heterocycles. The first-order chi connectivity index (χ1) is 28.5. The first-order valence-electron chi connectivity index (χ1n) is 19.7. The highest BCUT2D eigenvalue weighted by Crippen LogP contribution is 2.41. The van der Waals surface area contributed by atoms with Crippen LogP contribution in [0.5, 0.6) is 0 Å². The number of fused-ring (bicyclic) bond motifs is 2. The molecule has 3 aliphatic rings. The number of amides is 6. The van der Waals surface area contributed by atoms with Gasteiger partial charge in [-0.05, 0) is 63.3 Å². The highest BCUT2D eigenvalue weighted by atomic mass is 31.2. The minimum atomic E-state index is -5.20. The molecule has 5 rings (SSSR count). The molecule has 0 spiro atoms. The van der Waals surface area contributed by atoms with Crippen molar-refractivity contribution < 1.29 is 66.0 Å². The zero-order valence-electron chi connectivity index (χ0n) is 34.5. The lowest BCUT2D eigenvalue weighted by Gasteiger charge is -2.36. The first-order valence-corrected chi connectivity index (χ1v) is 21.3. The monoisotopic (exact) mass is 876 g/mol. The van der Waals surface area contributed by atoms with Crippen molar-refractivity contribution in [2.24, 2.45) is 5.92 Å². The summed E-state index contributed by atoms with van der Waals surface area (Å²) in [5.74, 6) is -8.22. The summed E-state index contributed by atoms with van der Waals surface area (Å²) in [4.78, 5) is 120. The summed E-state index contributed by atoms with van der Waals surface area (Å²) in [6.07, 6.45) is -4.05. The maximum absolute atomic E-state index is 14.8. The van der Waals surface area contributed by atoms with Crippen LogP contribution in [-0.2, 0) is 60.2 Å². The van der Waals surface area contributed by atoms with E-state index in [1.54, 1.807) is 31.2 Å². The molecule has 3 heterocycles. The molecule has 3 saturated heterocycles. The van der Waals surface area contributed by atoms with Gasteiger partial charge in [0.15, 0.2) is 0 Å². The fourth-order valence-electron chi connectivity index (χ4n) is 7.76. The largest absolute Gasteiger partial charge is 0.469 e. The lowest BCUT2D eigenvalue weighted by Crippen LogP contribution is -2.62. The van der Waals surface area contributed by atoms with Gasteiger partial charge in [0.25, 0.3) is 0 Å². The van der Waals surface area contributed by atoms with E-state index < -0.39 is 129 Å². The van der Waals surface area contributed by atoms with E-state index in [4.69, 9.17) is 9.26 Å². The Kier molecular flexibility index (Phi) is 14.7. The number of aryl methyl sites for hydroxylation is 1. The molecule has 5 N–H and O–H groups in total. The van der Waals surface area contributed by atoms with Crippen LogP contribution >= 0.6 is 7.82 Å². The van der Waals surface area contributed by atoms with Crippen LogP contribution in [0.4, 0.5) is 8.78 Å². The number of cyclic esters (lactones) is 1. The van der Waals surface area contributed by atoms with E-state index in [0.717, 1.165) is 27.5 Å². The number of carbonyl (C=O) groups is 7. The SMILES string of the molecule is Cc1ccc(CC(=O)N[C@@H](Cc2cc(F)cc(F)c2)C(=O)N[C@@H]2C(=O)N3C[C@H](OP(=O)(O)O)C[C@H]3C(=O)N(C)[C@@H](C)C(=O)N[C@@H](C)C(=O)N3C[C@@H](C)C[C@H]3C(=O)O[C@H]2C)cc1. The van der Waals surface area contributed by atoms with Crippen LogP contribution in [0.1, 0.15) is 57.2 Å². The number of hydrogen-bond donors (Lipinski definition) is 5. The predicted octanol–water partition coefficient (Wildman–Crippen LogP) is 0.641. The Morgan fingerprint density at radius 3 is 2.15 bits per heavy atom. The Hall–Kier alpha value is -5.30. The van der Waals surface area contributed by atoms with Crippen LogP contribution in [0.3, 0.4) is 0 Å². The quantitative estimate of drug-likeness (QED) is 0.172. The molecular formula is C40H51F2N6O12P. The standard InChI is InChI=1S/C40H51F2N6O12P/c1-20-7-9-25(10-8-20)15-33(49)44-30(14-26-12-27(41)16-28(42)13-26)36(51)45-34-24(5)59-40(55)32-11-21(2)18-47(32)37(52)22(3)43-35(50)23(4)46(6)38(53)31-17-29(60-61(56,57)58)19-48(31)39(34)54/h7-10,12-13,16,21-24,29-32,34H,11,14-15,17-19H2,1-6H3,(H,43,50)(H,44,49)(H,45,51)(H2,56,57,58)/t21-,22-,23-,24-,29+,30-,31-,32-,34-/m0/s1. The van der Waals surface area contributed by atoms with Gasteiger partial charge in [0.1, 0.15) is 54.0 Å². The third kappa shape index (κ3) is 11.8. The lowest BCUT2D eigenvalue weighted by atomic mass is 10.0. The van der Waals surface area contributed by atoms with Crippen LogP contribution < -0.4 is 16.0 Å². The minimum Gasteiger partial charge on any atom is -0.458 e. The van der Waals surface area contributed by atoms with Gasteiger partial charge >= 0.3 is 13.8 Å². The molecule has 0 radical (unpaired) electrons. The van der Waals surface area contributed by atoms with Gasteiger partial charge in [-0.25, -0.2) is 18.1 Å². The van der Waals surface area contributed by atoms with Crippen molar-refractivity contribution >= 4 is 49.2 Å². The first kappa shape index (κ1) is 46.8. The molecule has 0 aromatic heterocycles. The topological polar surface area (TPSA) is 241 Å². The Morgan fingerprint density at radius 1 is 0.902 bits per heavy atom. The fourth-order valence-corrected chi connectivity index (χ4v) is 8.30. The molecule has 0 unspecified atom stereocenters. The molecule has 6 amide bonds. The summed E-state index contributed by atoms with van der Waals surface area (Å²) in [6.45, 7) is 7.17. The summed E-state index contributed by atoms with van der Waals surface area (Å²) >= 11 is 0. The summed E-state index contributed by atoms with van der Waals surface area (Å²) in [5, 5.41) is 7.61. The second-order valence-corrected chi connectivity index (χ2v) is 17.2. The molecule has 0 saturated carbocycles. The average Bonchev–Trinajstić information content (AvgIpc) is 3.77. The zero-order chi connectivity index (χ0) is 45.1. The molecule has 18 nitrogen and oxygen atoms in total. The van der Waals surface area contributed by atoms with E-state index in [-0.39, 0.29) is 30.9 Å². The van der Waals surface area contributed by atoms with Crippen LogP contribution in [0.25, 0.3) is 0 Å². The summed E-state index contributed by atoms with van der Waals surface area (Å²) in [6, 6.07) is 0.824. The van der Waals surface area contributed by atoms with Crippen molar-refractivity contribution in [3.05, 3.63) is 70.8 Å². The second-order valence-electron chi connectivity index (χ2n) is 16.1. The van der Waals surface area contributed by atoms with Gasteiger partial charge in [-0.15, -0.1) is 0 Å². The van der Waals surface area contributed by atoms with E-state index in [1.165, 1.54) is 32.7 Å². The van der Waals surface area contributed by atoms with Gasteiger partial charge in [0.05, 0.1) is 12.5 Å². The Labute approximate surface area is 350 Å². The molecule has 332 valence electrons. The molecule has 2 aromatic carbocycles. The third-order valence-electron chi connectivity index (χ3n) is 11.1. The van der Waals surface area contributed by atoms with Gasteiger partial charge in [0.2, 0.25) is 35.4 Å². The highest BCUT2D eigenvalue weighted by molar-refractivity contribution is 7.46. The summed E-state index contributed by atoms with van der Waals surface area (Å²) in [5.41, 5.74) is 1.45. The maximum atomic E-state index is 14.8. The van der Waals surface area contributed by atoms with Crippen molar-refractivity contribution in [1.29, 1.82) is 0 Å². The van der Waals surface area contributed by atoms with Crippen LogP contribution in [0, 0.1) is 24.5 Å². The van der Waals surface area contributed by atoms with Crippen LogP contribution in [-0.4, -0.2) is 134 Å². The van der Waals surface area contributed by atoms with Gasteiger partial charge in [-0.2, -0.15) is 0 Å². The Bertz CT molecular complexity index is 2070. The van der Waals surface area contributed by atoms with Crippen molar-refractivity contribution in [1.82, 2.24) is 30.7 Å². The van der Waals surface area contributed by atoms with Gasteiger partial charge in [-0.3, -0.25) is 33.3 Å². The summed E-state index contributed by atoms with van der Waals surface area (Å²) < 4.78 is 51.4. The number of phosphoric acid groups is 1. The maximum Gasteiger partial charge on any atom is 0.469 e. The third-order valence-corrected chi connectivity index (χ3v) is 11.6. The van der Waals surface area contributed by atoms with Crippen molar-refractivity contribution in [3.8, 4) is 0 Å². The van der Waals surface area contributed by atoms with Gasteiger partial charge in [0, 0.05) is 39.0 Å². The number of nitrogens with zero attached hydrogens (tertiary/aromatic N) is 3. The number of carbonyl (C=O) groups excluding carboxylic acids is 7. The average molecular weight is 877 g/mol. The predicted molar refractivity (Wildman–Crippen MR) is 211 cm³/mol. The molecule has 9 atom stereocenters. The van der Waals surface area contributed by atoms with Gasteiger partial charge in [-0.1, -0.05) is 36.8 Å². The zero-order valence-corrected chi connectivity index (χ0v) is 35.4. The van der Waals surface area contributed by atoms with Crippen molar-refractivity contribution in [3.63, 3.8) is 0 Å². The number of rotatable bonds is 9. The number of nitrogens with one attached hydrogen (secondary N) is 3. The molecule has 3 fully saturated rings. The Morgan fingerprint density at radius 2 is 1.52 bits per heavy atom. The number of ether oxygens (including phenoxy) is 1. The smallest absolute Gasteiger partial charge is 0.458 e. The molecule has 21 heteroatoms. The number of halogens is 2. The van der Waals surface area contributed by atoms with Crippen molar-refractivity contribution in [2.45, 2.75) is 109 Å². The number of phosphoric ester groups is 1. The molecule has 0 bridgehead atoms. The second kappa shape index (κ2) is 19.2. The molecular weight excluding hydrogens is 825 g/mol. The highest BCUT2D eigenvalue weighted by Gasteiger charge is 2.49. The van der Waals surface area contributed by atoms with E-state index >= 15 is 0 Å². The van der Waals surface area contributed by atoms with Crippen LogP contribution in [0.2, 0.25) is 0 Å². The van der Waals surface area contributed by atoms with E-state index in [2.05, 4.69) is 16.0 Å². The van der Waals surface area contributed by atoms with Crippen molar-refractivity contribution in [2.75, 3.05) is 20.1 Å². The van der Waals surface area contributed by atoms with E-state index in [9.17, 15) is 56.7 Å². The van der Waals surface area contributed by atoms with E-state index in [1.807, 2.05) is 6.92 Å². The van der Waals surface area contributed by atoms with Crippen LogP contribution in [0.15, 0.2) is 42.5 Å². The molecule has 0 aliphatic carbocycles. The lowest BCUT2D eigenvalue weighted by molar-refractivity contribution is -0.162.